The molecular weight excluding hydrogens is 344 g/mol. The number of halogens is 3. The summed E-state index contributed by atoms with van der Waals surface area (Å²) in [6.45, 7) is 0. The normalized spacial score (nSPS) is 12.4. The number of nitro groups is 1. The molecule has 116 valence electrons. The van der Waals surface area contributed by atoms with Crippen LogP contribution < -0.4 is 10.1 Å². The Hall–Kier alpha value is -1.44. The second-order valence-electron chi connectivity index (χ2n) is 4.11. The third kappa shape index (κ3) is 5.11. The van der Waals surface area contributed by atoms with Crippen molar-refractivity contribution in [2.24, 2.45) is 0 Å². The molecule has 0 bridgehead atoms. The number of carbonyl (C=O) groups is 1. The lowest BCUT2D eigenvalue weighted by Crippen LogP contribution is -2.51. The van der Waals surface area contributed by atoms with Crippen molar-refractivity contribution in [2.45, 2.75) is 10.0 Å². The first kappa shape index (κ1) is 17.6. The van der Waals surface area contributed by atoms with Crippen LogP contribution in [0.15, 0.2) is 24.3 Å². The van der Waals surface area contributed by atoms with Gasteiger partial charge in [0.2, 0.25) is 10.0 Å². The first-order valence-electron chi connectivity index (χ1n) is 5.57. The second-order valence-corrected chi connectivity index (χ2v) is 6.48. The number of carbonyl (C=O) groups excluding carboxylic acids is 1. The SMILES string of the molecule is CN(C)C(=O)NC(Oc1ccccc1[N+](=O)[O-])C(Cl)(Cl)Cl. The van der Waals surface area contributed by atoms with Crippen molar-refractivity contribution in [1.29, 1.82) is 0 Å². The van der Waals surface area contributed by atoms with Crippen LogP contribution in [0.5, 0.6) is 5.75 Å². The predicted octanol–water partition coefficient (Wildman–Crippen LogP) is 2.94. The molecule has 0 aliphatic rings. The van der Waals surface area contributed by atoms with Gasteiger partial charge in [0.25, 0.3) is 0 Å². The molecule has 1 aromatic carbocycles. The Balaban J connectivity index is 3.03. The summed E-state index contributed by atoms with van der Waals surface area (Å²) >= 11 is 17.2. The van der Waals surface area contributed by atoms with E-state index in [4.69, 9.17) is 39.5 Å². The van der Waals surface area contributed by atoms with Crippen molar-refractivity contribution in [3.8, 4) is 5.75 Å². The minimum absolute atomic E-state index is 0.127. The van der Waals surface area contributed by atoms with E-state index >= 15 is 0 Å². The summed E-state index contributed by atoms with van der Waals surface area (Å²) in [5, 5.41) is 13.2. The van der Waals surface area contributed by atoms with Gasteiger partial charge in [-0.3, -0.25) is 15.4 Å². The number of nitrogens with one attached hydrogen (secondary N) is 1. The lowest BCUT2D eigenvalue weighted by molar-refractivity contribution is -0.386. The van der Waals surface area contributed by atoms with Crippen molar-refractivity contribution in [3.05, 3.63) is 34.4 Å². The number of ether oxygens (including phenoxy) is 1. The van der Waals surface area contributed by atoms with E-state index in [9.17, 15) is 14.9 Å². The van der Waals surface area contributed by atoms with Gasteiger partial charge in [0, 0.05) is 20.2 Å². The highest BCUT2D eigenvalue weighted by molar-refractivity contribution is 6.68. The molecule has 1 N–H and O–H groups in total. The molecular formula is C11H12Cl3N3O4. The highest BCUT2D eigenvalue weighted by Crippen LogP contribution is 2.34. The molecule has 0 heterocycles. The summed E-state index contributed by atoms with van der Waals surface area (Å²) in [5.41, 5.74) is -0.309. The number of rotatable bonds is 4. The first-order chi connectivity index (χ1) is 9.62. The topological polar surface area (TPSA) is 84.7 Å². The van der Waals surface area contributed by atoms with Gasteiger partial charge in [0.05, 0.1) is 4.92 Å². The highest BCUT2D eigenvalue weighted by Gasteiger charge is 2.37. The van der Waals surface area contributed by atoms with Crippen LogP contribution in [0, 0.1) is 10.1 Å². The zero-order valence-corrected chi connectivity index (χ0v) is 13.3. The predicted molar refractivity (Wildman–Crippen MR) is 80.0 cm³/mol. The van der Waals surface area contributed by atoms with Gasteiger partial charge < -0.3 is 9.64 Å². The van der Waals surface area contributed by atoms with Gasteiger partial charge in [-0.15, -0.1) is 0 Å². The molecule has 0 fully saturated rings. The highest BCUT2D eigenvalue weighted by atomic mass is 35.6. The number of nitrogens with zero attached hydrogens (tertiary/aromatic N) is 2. The summed E-state index contributed by atoms with van der Waals surface area (Å²) in [5.74, 6) is -0.127. The molecule has 1 unspecified atom stereocenters. The summed E-state index contributed by atoms with van der Waals surface area (Å²) < 4.78 is 3.28. The lowest BCUT2D eigenvalue weighted by atomic mass is 10.3. The maximum Gasteiger partial charge on any atom is 0.319 e. The molecule has 7 nitrogen and oxygen atoms in total. The lowest BCUT2D eigenvalue weighted by Gasteiger charge is -2.27. The fraction of sp³-hybridized carbons (Fsp3) is 0.364. The molecule has 0 aliphatic heterocycles. The molecule has 10 heteroatoms. The quantitative estimate of drug-likeness (QED) is 0.389. The van der Waals surface area contributed by atoms with Crippen molar-refractivity contribution in [3.63, 3.8) is 0 Å². The molecule has 1 rings (SSSR count). The smallest absolute Gasteiger partial charge is 0.319 e. The maximum absolute atomic E-state index is 11.6. The van der Waals surface area contributed by atoms with Crippen molar-refractivity contribution < 1.29 is 14.5 Å². The molecule has 2 amide bonds. The number of amides is 2. The van der Waals surface area contributed by atoms with Gasteiger partial charge in [-0.2, -0.15) is 0 Å². The van der Waals surface area contributed by atoms with Crippen LogP contribution in [0.3, 0.4) is 0 Å². The van der Waals surface area contributed by atoms with E-state index in [1.165, 1.54) is 43.3 Å². The van der Waals surface area contributed by atoms with E-state index in [1.807, 2.05) is 0 Å². The fourth-order valence-electron chi connectivity index (χ4n) is 1.25. The number of alkyl halides is 3. The molecule has 1 aromatic rings. The van der Waals surface area contributed by atoms with E-state index in [0.29, 0.717) is 0 Å². The molecule has 0 aliphatic carbocycles. The summed E-state index contributed by atoms with van der Waals surface area (Å²) in [6.07, 6.45) is -1.40. The van der Waals surface area contributed by atoms with Crippen LogP contribution in [0.4, 0.5) is 10.5 Å². The molecule has 0 aromatic heterocycles. The number of benzene rings is 1. The third-order valence-corrected chi connectivity index (χ3v) is 2.86. The Labute approximate surface area is 135 Å². The number of hydrogen-bond donors (Lipinski definition) is 1. The summed E-state index contributed by atoms with van der Waals surface area (Å²) in [7, 11) is 2.96. The minimum Gasteiger partial charge on any atom is -0.459 e. The Morgan fingerprint density at radius 1 is 1.38 bits per heavy atom. The van der Waals surface area contributed by atoms with Crippen molar-refractivity contribution >= 4 is 46.5 Å². The number of hydrogen-bond acceptors (Lipinski definition) is 4. The Bertz CT molecular complexity index is 534. The van der Waals surface area contributed by atoms with E-state index in [-0.39, 0.29) is 11.4 Å². The summed E-state index contributed by atoms with van der Waals surface area (Å²) in [6, 6.07) is 4.98. The molecule has 1 atom stereocenters. The van der Waals surface area contributed by atoms with Crippen LogP contribution in [0.1, 0.15) is 0 Å². The van der Waals surface area contributed by atoms with Gasteiger partial charge in [-0.1, -0.05) is 46.9 Å². The van der Waals surface area contributed by atoms with Crippen LogP contribution in [-0.2, 0) is 0 Å². The standard InChI is InChI=1S/C11H12Cl3N3O4/c1-16(2)10(18)15-9(11(12,13)14)21-8-6-4-3-5-7(8)17(19)20/h3-6,9H,1-2H3,(H,15,18). The monoisotopic (exact) mass is 355 g/mol. The van der Waals surface area contributed by atoms with Crippen molar-refractivity contribution in [1.82, 2.24) is 10.2 Å². The van der Waals surface area contributed by atoms with E-state index < -0.39 is 21.0 Å². The molecule has 0 spiro atoms. The van der Waals surface area contributed by atoms with Crippen LogP contribution in [0.2, 0.25) is 0 Å². The van der Waals surface area contributed by atoms with E-state index in [0.717, 1.165) is 0 Å². The van der Waals surface area contributed by atoms with Gasteiger partial charge in [-0.05, 0) is 6.07 Å². The zero-order chi connectivity index (χ0) is 16.2. The fourth-order valence-corrected chi connectivity index (χ4v) is 1.55. The number of urea groups is 1. The molecule has 0 saturated carbocycles. The maximum atomic E-state index is 11.6. The Kier molecular flexibility index (Phi) is 5.88. The molecule has 0 saturated heterocycles. The average Bonchev–Trinajstić information content (AvgIpc) is 2.36. The van der Waals surface area contributed by atoms with Crippen molar-refractivity contribution in [2.75, 3.05) is 14.1 Å². The van der Waals surface area contributed by atoms with Gasteiger partial charge in [0.1, 0.15) is 0 Å². The summed E-state index contributed by atoms with van der Waals surface area (Å²) in [4.78, 5) is 23.1. The minimum atomic E-state index is -2.02. The van der Waals surface area contributed by atoms with E-state index in [2.05, 4.69) is 5.32 Å². The zero-order valence-electron chi connectivity index (χ0n) is 11.0. The second kappa shape index (κ2) is 7.02. The van der Waals surface area contributed by atoms with Gasteiger partial charge >= 0.3 is 11.7 Å². The molecule has 21 heavy (non-hydrogen) atoms. The van der Waals surface area contributed by atoms with Crippen LogP contribution in [-0.4, -0.2) is 40.0 Å². The number of para-hydroxylation sites is 2. The Morgan fingerprint density at radius 3 is 2.43 bits per heavy atom. The molecule has 0 radical (unpaired) electrons. The van der Waals surface area contributed by atoms with E-state index in [1.54, 1.807) is 0 Å². The van der Waals surface area contributed by atoms with Gasteiger partial charge in [-0.25, -0.2) is 4.79 Å². The first-order valence-corrected chi connectivity index (χ1v) is 6.71. The largest absolute Gasteiger partial charge is 0.459 e. The third-order valence-electron chi connectivity index (χ3n) is 2.26. The van der Waals surface area contributed by atoms with Crippen LogP contribution >= 0.6 is 34.8 Å². The van der Waals surface area contributed by atoms with Gasteiger partial charge in [0.15, 0.2) is 5.75 Å². The average molecular weight is 357 g/mol. The van der Waals surface area contributed by atoms with Crippen LogP contribution in [0.25, 0.3) is 0 Å². The number of nitro benzene ring substituents is 1. The Morgan fingerprint density at radius 2 is 1.95 bits per heavy atom.